The Morgan fingerprint density at radius 1 is 1.45 bits per heavy atom. The van der Waals surface area contributed by atoms with E-state index in [1.54, 1.807) is 12.2 Å². The van der Waals surface area contributed by atoms with Crippen LogP contribution in [0.4, 0.5) is 0 Å². The number of nitrogens with zero attached hydrogens (tertiary/aromatic N) is 1. The summed E-state index contributed by atoms with van der Waals surface area (Å²) >= 11 is 0.940. The van der Waals surface area contributed by atoms with Crippen LogP contribution in [-0.2, 0) is 0 Å². The van der Waals surface area contributed by atoms with Crippen LogP contribution in [0.25, 0.3) is 0 Å². The van der Waals surface area contributed by atoms with Crippen molar-refractivity contribution >= 4 is 11.8 Å². The Morgan fingerprint density at radius 3 is 2.55 bits per heavy atom. The van der Waals surface area contributed by atoms with Crippen LogP contribution in [-0.4, -0.2) is 19.8 Å². The fourth-order valence-corrected chi connectivity index (χ4v) is 2.12. The zero-order valence-electron chi connectivity index (χ0n) is 5.43. The highest BCUT2D eigenvalue weighted by Crippen LogP contribution is 2.65. The molecular formula is C6H5NO3S. The van der Waals surface area contributed by atoms with Gasteiger partial charge in [0.2, 0.25) is 4.93 Å². The van der Waals surface area contributed by atoms with Crippen LogP contribution in [0.1, 0.15) is 0 Å². The summed E-state index contributed by atoms with van der Waals surface area (Å²) in [6, 6.07) is 0. The number of rotatable bonds is 1. The van der Waals surface area contributed by atoms with Gasteiger partial charge in [0.25, 0.3) is 0 Å². The van der Waals surface area contributed by atoms with Crippen LogP contribution >= 0.6 is 11.8 Å². The number of nitro groups is 1. The lowest BCUT2D eigenvalue weighted by Gasteiger charge is -2.06. The molecule has 1 saturated heterocycles. The quantitative estimate of drug-likeness (QED) is 0.355. The molecule has 0 spiro atoms. The predicted molar refractivity (Wildman–Crippen MR) is 40.5 cm³/mol. The summed E-state index contributed by atoms with van der Waals surface area (Å²) in [5, 5.41) is 19.9. The molecule has 4 nitrogen and oxygen atoms in total. The minimum atomic E-state index is -1.29. The van der Waals surface area contributed by atoms with Crippen LogP contribution in [0, 0.1) is 10.1 Å². The number of hydrogen-bond acceptors (Lipinski definition) is 4. The second kappa shape index (κ2) is 1.67. The van der Waals surface area contributed by atoms with Crippen molar-refractivity contribution < 1.29 is 10.0 Å². The first-order valence-corrected chi connectivity index (χ1v) is 3.86. The third-order valence-electron chi connectivity index (χ3n) is 1.81. The third kappa shape index (κ3) is 0.643. The van der Waals surface area contributed by atoms with Gasteiger partial charge in [0.1, 0.15) is 0 Å². The van der Waals surface area contributed by atoms with E-state index in [1.165, 1.54) is 12.2 Å². The summed E-state index contributed by atoms with van der Waals surface area (Å²) < 4.78 is 0. The SMILES string of the molecule is O=[N+]([O-])C12C=CC=CC1(O)S2. The maximum absolute atomic E-state index is 10.5. The molecule has 1 aliphatic heterocycles. The van der Waals surface area contributed by atoms with Crippen molar-refractivity contribution in [3.05, 3.63) is 34.4 Å². The second-order valence-corrected chi connectivity index (χ2v) is 3.92. The molecule has 0 radical (unpaired) electrons. The zero-order valence-corrected chi connectivity index (χ0v) is 6.25. The fraction of sp³-hybridized carbons (Fsp3) is 0.333. The van der Waals surface area contributed by atoms with E-state index >= 15 is 0 Å². The minimum absolute atomic E-state index is 0.461. The molecule has 2 aliphatic rings. The van der Waals surface area contributed by atoms with Gasteiger partial charge in [-0.3, -0.25) is 10.1 Å². The van der Waals surface area contributed by atoms with Gasteiger partial charge in [-0.2, -0.15) is 0 Å². The van der Waals surface area contributed by atoms with Gasteiger partial charge < -0.3 is 5.11 Å². The topological polar surface area (TPSA) is 63.4 Å². The number of fused-ring (bicyclic) bond motifs is 1. The van der Waals surface area contributed by atoms with E-state index in [0.29, 0.717) is 0 Å². The molecule has 58 valence electrons. The molecule has 1 heterocycles. The Kier molecular flexibility index (Phi) is 1.05. The maximum atomic E-state index is 10.5. The highest BCUT2D eigenvalue weighted by molar-refractivity contribution is 8.09. The first kappa shape index (κ1) is 6.87. The zero-order chi connectivity index (χ0) is 8.11. The normalized spacial score (nSPS) is 45.2. The number of thioether (sulfide) groups is 1. The lowest BCUT2D eigenvalue weighted by molar-refractivity contribution is -0.523. The molecule has 2 unspecified atom stereocenters. The average molecular weight is 171 g/mol. The predicted octanol–water partition coefficient (Wildman–Crippen LogP) is 0.521. The van der Waals surface area contributed by atoms with Gasteiger partial charge in [0.15, 0.2) is 0 Å². The van der Waals surface area contributed by atoms with E-state index in [2.05, 4.69) is 0 Å². The fourth-order valence-electron chi connectivity index (χ4n) is 1.12. The average Bonchev–Trinajstić information content (AvgIpc) is 2.56. The maximum Gasteiger partial charge on any atom is 0.330 e. The molecule has 0 aromatic rings. The molecule has 0 saturated carbocycles. The summed E-state index contributed by atoms with van der Waals surface area (Å²) in [7, 11) is 0. The molecule has 2 atom stereocenters. The van der Waals surface area contributed by atoms with E-state index in [-0.39, 0.29) is 0 Å². The van der Waals surface area contributed by atoms with Crippen molar-refractivity contribution in [3.8, 4) is 0 Å². The lowest BCUT2D eigenvalue weighted by Crippen LogP contribution is -2.31. The van der Waals surface area contributed by atoms with E-state index in [9.17, 15) is 15.2 Å². The van der Waals surface area contributed by atoms with Crippen LogP contribution in [0.3, 0.4) is 0 Å². The summed E-state index contributed by atoms with van der Waals surface area (Å²) in [4.78, 5) is 7.43. The Bertz CT molecular complexity index is 288. The Hall–Kier alpha value is -0.810. The second-order valence-electron chi connectivity index (χ2n) is 2.47. The van der Waals surface area contributed by atoms with Crippen molar-refractivity contribution in [2.24, 2.45) is 0 Å². The molecular weight excluding hydrogens is 166 g/mol. The van der Waals surface area contributed by atoms with Crippen molar-refractivity contribution in [1.82, 2.24) is 0 Å². The van der Waals surface area contributed by atoms with E-state index < -0.39 is 14.7 Å². The Morgan fingerprint density at radius 2 is 2.09 bits per heavy atom. The summed E-state index contributed by atoms with van der Waals surface area (Å²) in [6.45, 7) is 0. The van der Waals surface area contributed by atoms with Crippen LogP contribution < -0.4 is 0 Å². The van der Waals surface area contributed by atoms with E-state index in [0.717, 1.165) is 11.8 Å². The van der Waals surface area contributed by atoms with Gasteiger partial charge in [0, 0.05) is 11.0 Å². The largest absolute Gasteiger partial charge is 0.368 e. The van der Waals surface area contributed by atoms with Gasteiger partial charge in [-0.25, -0.2) is 0 Å². The standard InChI is InChI=1S/C6H5NO3S/c8-6-4-2-1-3-5(6,11-6)7(9)10/h1-4,8H. The van der Waals surface area contributed by atoms with Crippen molar-refractivity contribution in [3.63, 3.8) is 0 Å². The molecule has 11 heavy (non-hydrogen) atoms. The molecule has 1 fully saturated rings. The summed E-state index contributed by atoms with van der Waals surface area (Å²) in [6.07, 6.45) is 6.05. The smallest absolute Gasteiger partial charge is 0.330 e. The van der Waals surface area contributed by atoms with Crippen LogP contribution in [0.2, 0.25) is 0 Å². The highest BCUT2D eigenvalue weighted by Gasteiger charge is 2.78. The van der Waals surface area contributed by atoms with E-state index in [4.69, 9.17) is 0 Å². The van der Waals surface area contributed by atoms with Crippen molar-refractivity contribution in [2.75, 3.05) is 0 Å². The van der Waals surface area contributed by atoms with Gasteiger partial charge in [0.05, 0.1) is 0 Å². The summed E-state index contributed by atoms with van der Waals surface area (Å²) in [5.41, 5.74) is 0. The van der Waals surface area contributed by atoms with Crippen LogP contribution in [0.15, 0.2) is 24.3 Å². The lowest BCUT2D eigenvalue weighted by atomic mass is 10.1. The molecule has 0 aromatic carbocycles. The van der Waals surface area contributed by atoms with Gasteiger partial charge in [-0.15, -0.1) is 0 Å². The molecule has 1 N–H and O–H groups in total. The van der Waals surface area contributed by atoms with Gasteiger partial charge >= 0.3 is 4.87 Å². The molecule has 2 rings (SSSR count). The first-order valence-electron chi connectivity index (χ1n) is 3.05. The number of hydrogen-bond donors (Lipinski definition) is 1. The highest BCUT2D eigenvalue weighted by atomic mass is 32.2. The first-order chi connectivity index (χ1) is 5.11. The number of aliphatic hydroxyl groups is 1. The van der Waals surface area contributed by atoms with Gasteiger partial charge in [-0.05, 0) is 17.8 Å². The summed E-state index contributed by atoms with van der Waals surface area (Å²) in [5.74, 6) is 0. The van der Waals surface area contributed by atoms with Crippen molar-refractivity contribution in [2.45, 2.75) is 9.80 Å². The van der Waals surface area contributed by atoms with Gasteiger partial charge in [-0.1, -0.05) is 12.2 Å². The molecule has 0 aromatic heterocycles. The minimum Gasteiger partial charge on any atom is -0.368 e. The molecule has 1 aliphatic carbocycles. The molecule has 0 bridgehead atoms. The monoisotopic (exact) mass is 171 g/mol. The number of allylic oxidation sites excluding steroid dienone is 2. The Labute approximate surface area is 66.7 Å². The van der Waals surface area contributed by atoms with E-state index in [1.807, 2.05) is 0 Å². The molecule has 5 heteroatoms. The van der Waals surface area contributed by atoms with Crippen LogP contribution in [0.5, 0.6) is 0 Å². The molecule has 0 amide bonds. The third-order valence-corrected chi connectivity index (χ3v) is 3.27. The van der Waals surface area contributed by atoms with Crippen molar-refractivity contribution in [1.29, 1.82) is 0 Å². The Balaban J connectivity index is 2.41.